The average molecular weight is 511 g/mol. The Morgan fingerprint density at radius 2 is 1.94 bits per heavy atom. The first-order valence-electron chi connectivity index (χ1n) is 11.1. The lowest BCUT2D eigenvalue weighted by molar-refractivity contribution is -0.131. The van der Waals surface area contributed by atoms with Crippen molar-refractivity contribution in [2.75, 3.05) is 19.0 Å². The van der Waals surface area contributed by atoms with Crippen LogP contribution >= 0.6 is 15.9 Å². The molecule has 33 heavy (non-hydrogen) atoms. The van der Waals surface area contributed by atoms with Crippen molar-refractivity contribution >= 4 is 44.7 Å². The molecule has 4 rings (SSSR count). The number of benzene rings is 2. The molecule has 0 atom stereocenters. The van der Waals surface area contributed by atoms with Gasteiger partial charge in [-0.05, 0) is 43.2 Å². The van der Waals surface area contributed by atoms with Crippen molar-refractivity contribution in [1.29, 1.82) is 0 Å². The zero-order valence-corrected chi connectivity index (χ0v) is 20.6. The van der Waals surface area contributed by atoms with Gasteiger partial charge in [0.25, 0.3) is 5.56 Å². The normalized spacial score (nSPS) is 14.7. The summed E-state index contributed by atoms with van der Waals surface area (Å²) in [5, 5.41) is 5.07. The fourth-order valence-corrected chi connectivity index (χ4v) is 4.53. The summed E-state index contributed by atoms with van der Waals surface area (Å²) >= 11 is 3.45. The third-order valence-electron chi connectivity index (χ3n) is 5.88. The molecule has 1 fully saturated rings. The second-order valence-corrected chi connectivity index (χ2v) is 9.45. The summed E-state index contributed by atoms with van der Waals surface area (Å²) in [5.41, 5.74) is 1.95. The first-order chi connectivity index (χ1) is 15.8. The Kier molecular flexibility index (Phi) is 6.93. The number of carbonyl (C=O) groups excluding carboxylic acids is 1. The highest BCUT2D eigenvalue weighted by Crippen LogP contribution is 2.32. The Morgan fingerprint density at radius 3 is 2.64 bits per heavy atom. The minimum atomic E-state index is -0.419. The molecule has 1 aliphatic carbocycles. The van der Waals surface area contributed by atoms with E-state index in [1.54, 1.807) is 18.3 Å². The van der Waals surface area contributed by atoms with Crippen LogP contribution < -0.4 is 15.2 Å². The molecular formula is C25H27BrN4O3. The highest BCUT2D eigenvalue weighted by atomic mass is 79.9. The Balaban J connectivity index is 1.84. The van der Waals surface area contributed by atoms with Crippen LogP contribution in [0.3, 0.4) is 0 Å². The predicted octanol–water partition coefficient (Wildman–Crippen LogP) is 5.08. The van der Waals surface area contributed by atoms with Crippen molar-refractivity contribution in [1.82, 2.24) is 9.66 Å². The molecule has 7 nitrogen and oxygen atoms in total. The maximum Gasteiger partial charge on any atom is 0.308 e. The van der Waals surface area contributed by atoms with Crippen LogP contribution in [0.4, 0.5) is 5.69 Å². The van der Waals surface area contributed by atoms with Crippen LogP contribution in [0.25, 0.3) is 10.9 Å². The maximum atomic E-state index is 13.5. The van der Waals surface area contributed by atoms with E-state index in [1.165, 1.54) is 18.0 Å². The molecule has 3 aromatic rings. The SMILES string of the molecule is CC(=O)Oc1cc(N(C)C)ccc1C=Nn1c(C2CCCCC2)nc2ccc(Br)cc2c1=O. The number of esters is 1. The Labute approximate surface area is 201 Å². The van der Waals surface area contributed by atoms with Gasteiger partial charge in [-0.15, -0.1) is 0 Å². The molecule has 2 aromatic carbocycles. The van der Waals surface area contributed by atoms with Gasteiger partial charge in [0.05, 0.1) is 17.1 Å². The van der Waals surface area contributed by atoms with Gasteiger partial charge in [0.2, 0.25) is 0 Å². The largest absolute Gasteiger partial charge is 0.426 e. The summed E-state index contributed by atoms with van der Waals surface area (Å²) in [6.45, 7) is 1.36. The van der Waals surface area contributed by atoms with Crippen LogP contribution in [0, 0.1) is 0 Å². The molecule has 1 aromatic heterocycles. The van der Waals surface area contributed by atoms with E-state index in [-0.39, 0.29) is 11.5 Å². The van der Waals surface area contributed by atoms with Gasteiger partial charge in [0, 0.05) is 48.7 Å². The van der Waals surface area contributed by atoms with E-state index < -0.39 is 5.97 Å². The molecule has 172 valence electrons. The molecule has 1 saturated carbocycles. The summed E-state index contributed by atoms with van der Waals surface area (Å²) in [7, 11) is 3.82. The van der Waals surface area contributed by atoms with Crippen LogP contribution in [-0.2, 0) is 4.79 Å². The molecule has 8 heteroatoms. The Morgan fingerprint density at radius 1 is 1.18 bits per heavy atom. The summed E-state index contributed by atoms with van der Waals surface area (Å²) < 4.78 is 7.65. The summed E-state index contributed by atoms with van der Waals surface area (Å²) in [6.07, 6.45) is 6.97. The van der Waals surface area contributed by atoms with E-state index in [4.69, 9.17) is 9.72 Å². The first-order valence-corrected chi connectivity index (χ1v) is 11.9. The topological polar surface area (TPSA) is 76.8 Å². The zero-order chi connectivity index (χ0) is 23.5. The fourth-order valence-electron chi connectivity index (χ4n) is 4.17. The Hall–Kier alpha value is -3.00. The van der Waals surface area contributed by atoms with Crippen molar-refractivity contribution in [2.24, 2.45) is 5.10 Å². The number of fused-ring (bicyclic) bond motifs is 1. The fraction of sp³-hybridized carbons (Fsp3) is 0.360. The molecule has 0 radical (unpaired) electrons. The highest BCUT2D eigenvalue weighted by Gasteiger charge is 2.22. The second kappa shape index (κ2) is 9.87. The number of hydrogen-bond acceptors (Lipinski definition) is 6. The smallest absolute Gasteiger partial charge is 0.308 e. The second-order valence-electron chi connectivity index (χ2n) is 8.54. The lowest BCUT2D eigenvalue weighted by Crippen LogP contribution is -2.25. The standard InChI is InChI=1S/C25H27BrN4O3/c1-16(31)33-23-14-20(29(2)3)11-9-18(23)15-27-30-24(17-7-5-4-6-8-17)28-22-12-10-19(26)13-21(22)25(30)32/h9-15,17H,4-8H2,1-3H3. The molecule has 0 unspecified atom stereocenters. The first kappa shape index (κ1) is 23.2. The van der Waals surface area contributed by atoms with Crippen molar-refractivity contribution in [3.05, 3.63) is 62.6 Å². The average Bonchev–Trinajstić information content (AvgIpc) is 2.79. The summed E-state index contributed by atoms with van der Waals surface area (Å²) in [5.74, 6) is 0.837. The van der Waals surface area contributed by atoms with Crippen molar-refractivity contribution in [3.63, 3.8) is 0 Å². The van der Waals surface area contributed by atoms with Crippen LogP contribution in [0.1, 0.15) is 56.3 Å². The quantitative estimate of drug-likeness (QED) is 0.271. The van der Waals surface area contributed by atoms with Gasteiger partial charge < -0.3 is 9.64 Å². The minimum Gasteiger partial charge on any atom is -0.426 e. The van der Waals surface area contributed by atoms with E-state index in [9.17, 15) is 9.59 Å². The number of halogens is 1. The van der Waals surface area contributed by atoms with Crippen LogP contribution in [0.5, 0.6) is 5.75 Å². The van der Waals surface area contributed by atoms with Gasteiger partial charge in [-0.3, -0.25) is 9.59 Å². The molecule has 0 amide bonds. The maximum absolute atomic E-state index is 13.5. The van der Waals surface area contributed by atoms with E-state index in [2.05, 4.69) is 21.0 Å². The number of ether oxygens (including phenoxy) is 1. The van der Waals surface area contributed by atoms with Crippen LogP contribution in [0.2, 0.25) is 0 Å². The molecule has 0 saturated heterocycles. The number of aromatic nitrogens is 2. The molecule has 1 heterocycles. The van der Waals surface area contributed by atoms with Crippen molar-refractivity contribution < 1.29 is 9.53 Å². The number of nitrogens with zero attached hydrogens (tertiary/aromatic N) is 4. The van der Waals surface area contributed by atoms with Crippen molar-refractivity contribution in [3.8, 4) is 5.75 Å². The summed E-state index contributed by atoms with van der Waals surface area (Å²) in [4.78, 5) is 31.9. The molecule has 0 spiro atoms. The van der Waals surface area contributed by atoms with Gasteiger partial charge in [0.15, 0.2) is 0 Å². The van der Waals surface area contributed by atoms with E-state index in [0.29, 0.717) is 28.0 Å². The van der Waals surface area contributed by atoms with Crippen molar-refractivity contribution in [2.45, 2.75) is 44.9 Å². The number of carbonyl (C=O) groups is 1. The Bertz CT molecular complexity index is 1280. The molecule has 1 aliphatic rings. The highest BCUT2D eigenvalue weighted by molar-refractivity contribution is 9.10. The third-order valence-corrected chi connectivity index (χ3v) is 6.38. The molecule has 0 N–H and O–H groups in total. The number of anilines is 1. The monoisotopic (exact) mass is 510 g/mol. The van der Waals surface area contributed by atoms with Gasteiger partial charge >= 0.3 is 5.97 Å². The molecular weight excluding hydrogens is 484 g/mol. The van der Waals surface area contributed by atoms with E-state index in [0.717, 1.165) is 35.8 Å². The van der Waals surface area contributed by atoms with Gasteiger partial charge in [-0.25, -0.2) is 4.98 Å². The van der Waals surface area contributed by atoms with Gasteiger partial charge in [-0.2, -0.15) is 9.78 Å². The zero-order valence-electron chi connectivity index (χ0n) is 19.0. The lowest BCUT2D eigenvalue weighted by atomic mass is 9.88. The van der Waals surface area contributed by atoms with Gasteiger partial charge in [0.1, 0.15) is 11.6 Å². The van der Waals surface area contributed by atoms with Crippen LogP contribution in [-0.4, -0.2) is 35.9 Å². The van der Waals surface area contributed by atoms with E-state index >= 15 is 0 Å². The number of rotatable bonds is 5. The molecule has 0 aliphatic heterocycles. The number of hydrogen-bond donors (Lipinski definition) is 0. The summed E-state index contributed by atoms with van der Waals surface area (Å²) in [6, 6.07) is 11.0. The minimum absolute atomic E-state index is 0.181. The predicted molar refractivity (Wildman–Crippen MR) is 135 cm³/mol. The van der Waals surface area contributed by atoms with Crippen LogP contribution in [0.15, 0.2) is 50.8 Å². The molecule has 0 bridgehead atoms. The van der Waals surface area contributed by atoms with E-state index in [1.807, 2.05) is 43.3 Å². The third kappa shape index (κ3) is 5.16. The van der Waals surface area contributed by atoms with Gasteiger partial charge in [-0.1, -0.05) is 35.2 Å². The lowest BCUT2D eigenvalue weighted by Gasteiger charge is -2.22.